The predicted octanol–water partition coefficient (Wildman–Crippen LogP) is 2.28. The molecule has 0 aliphatic heterocycles. The highest BCUT2D eigenvalue weighted by molar-refractivity contribution is 7.80. The molecule has 5 nitrogen and oxygen atoms in total. The quantitative estimate of drug-likeness (QED) is 0.831. The van der Waals surface area contributed by atoms with E-state index in [0.717, 1.165) is 11.4 Å². The van der Waals surface area contributed by atoms with Crippen molar-refractivity contribution in [3.05, 3.63) is 39.8 Å². The third-order valence-electron chi connectivity index (χ3n) is 2.18. The molecule has 0 radical (unpaired) electrons. The molecule has 2 aromatic rings. The van der Waals surface area contributed by atoms with E-state index in [1.54, 1.807) is 6.07 Å². The second-order valence-corrected chi connectivity index (χ2v) is 5.22. The van der Waals surface area contributed by atoms with Crippen LogP contribution in [0.4, 0.5) is 5.95 Å². The monoisotopic (exact) mass is 292 g/mol. The molecular weight excluding hydrogens is 280 g/mol. The lowest BCUT2D eigenvalue weighted by Gasteiger charge is -2.08. The Morgan fingerprint density at radius 3 is 2.58 bits per heavy atom. The van der Waals surface area contributed by atoms with Gasteiger partial charge in [0.15, 0.2) is 5.11 Å². The van der Waals surface area contributed by atoms with Crippen LogP contribution < -0.4 is 10.6 Å². The average Bonchev–Trinajstić information content (AvgIpc) is 2.80. The van der Waals surface area contributed by atoms with E-state index >= 15 is 0 Å². The molecule has 0 saturated carbocycles. The van der Waals surface area contributed by atoms with Gasteiger partial charge in [-0.25, -0.2) is 9.97 Å². The fourth-order valence-corrected chi connectivity index (χ4v) is 2.29. The second-order valence-electron chi connectivity index (χ2n) is 3.86. The third-order valence-corrected chi connectivity index (χ3v) is 3.25. The van der Waals surface area contributed by atoms with Gasteiger partial charge in [0, 0.05) is 11.4 Å². The first kappa shape index (κ1) is 13.6. The number of aryl methyl sites for hydroxylation is 2. The van der Waals surface area contributed by atoms with Crippen molar-refractivity contribution >= 4 is 40.5 Å². The zero-order valence-corrected chi connectivity index (χ0v) is 12.1. The molecule has 1 amide bonds. The summed E-state index contributed by atoms with van der Waals surface area (Å²) in [5, 5.41) is 7.40. The zero-order valence-electron chi connectivity index (χ0n) is 10.4. The number of nitrogens with zero attached hydrogens (tertiary/aromatic N) is 2. The Hall–Kier alpha value is -1.86. The normalized spacial score (nSPS) is 10.0. The Morgan fingerprint density at radius 1 is 1.32 bits per heavy atom. The number of carbonyl (C=O) groups is 1. The predicted molar refractivity (Wildman–Crippen MR) is 79.5 cm³/mol. The maximum Gasteiger partial charge on any atom is 0.267 e. The van der Waals surface area contributed by atoms with Crippen molar-refractivity contribution in [3.63, 3.8) is 0 Å². The molecule has 0 atom stereocenters. The summed E-state index contributed by atoms with van der Waals surface area (Å²) in [6.07, 6.45) is 0. The van der Waals surface area contributed by atoms with Crippen LogP contribution in [0.2, 0.25) is 0 Å². The van der Waals surface area contributed by atoms with Crippen LogP contribution in [0.1, 0.15) is 21.1 Å². The number of carbonyl (C=O) groups excluding carboxylic acids is 1. The van der Waals surface area contributed by atoms with Gasteiger partial charge < -0.3 is 5.32 Å². The van der Waals surface area contributed by atoms with E-state index in [1.165, 1.54) is 11.3 Å². The van der Waals surface area contributed by atoms with Gasteiger partial charge in [0.05, 0.1) is 4.88 Å². The lowest BCUT2D eigenvalue weighted by Crippen LogP contribution is -2.34. The highest BCUT2D eigenvalue weighted by Crippen LogP contribution is 2.08. The molecule has 0 aliphatic carbocycles. The third kappa shape index (κ3) is 3.80. The molecule has 19 heavy (non-hydrogen) atoms. The van der Waals surface area contributed by atoms with Crippen molar-refractivity contribution in [2.45, 2.75) is 13.8 Å². The van der Waals surface area contributed by atoms with Crippen LogP contribution in [0.15, 0.2) is 23.6 Å². The number of rotatable bonds is 2. The summed E-state index contributed by atoms with van der Waals surface area (Å²) in [7, 11) is 0. The molecular formula is C12H12N4OS2. The molecule has 2 rings (SSSR count). The number of thiophene rings is 1. The smallest absolute Gasteiger partial charge is 0.267 e. The van der Waals surface area contributed by atoms with Crippen LogP contribution in [0.25, 0.3) is 0 Å². The van der Waals surface area contributed by atoms with Gasteiger partial charge in [-0.15, -0.1) is 11.3 Å². The minimum Gasteiger partial charge on any atom is -0.301 e. The summed E-state index contributed by atoms with van der Waals surface area (Å²) in [6.45, 7) is 3.74. The van der Waals surface area contributed by atoms with Crippen molar-refractivity contribution in [3.8, 4) is 0 Å². The van der Waals surface area contributed by atoms with Crippen molar-refractivity contribution < 1.29 is 4.79 Å². The number of nitrogens with one attached hydrogen (secondary N) is 2. The summed E-state index contributed by atoms with van der Waals surface area (Å²) in [4.78, 5) is 20.7. The summed E-state index contributed by atoms with van der Waals surface area (Å²) >= 11 is 6.41. The van der Waals surface area contributed by atoms with Gasteiger partial charge in [-0.2, -0.15) is 0 Å². The number of amides is 1. The molecule has 98 valence electrons. The largest absolute Gasteiger partial charge is 0.301 e. The zero-order chi connectivity index (χ0) is 13.8. The minimum atomic E-state index is -0.239. The fraction of sp³-hybridized carbons (Fsp3) is 0.167. The van der Waals surface area contributed by atoms with Crippen LogP contribution in [0.3, 0.4) is 0 Å². The first-order chi connectivity index (χ1) is 9.04. The standard InChI is InChI=1S/C12H12N4OS2/c1-7-6-8(2)14-11(13-7)16-12(18)15-10(17)9-4-3-5-19-9/h3-6H,1-2H3,(H2,13,14,15,16,17,18). The number of hydrogen-bond acceptors (Lipinski definition) is 5. The maximum atomic E-state index is 11.8. The molecule has 2 N–H and O–H groups in total. The first-order valence-corrected chi connectivity index (χ1v) is 6.81. The van der Waals surface area contributed by atoms with E-state index < -0.39 is 0 Å². The Labute approximate surface area is 120 Å². The molecule has 0 aromatic carbocycles. The van der Waals surface area contributed by atoms with E-state index in [-0.39, 0.29) is 11.0 Å². The van der Waals surface area contributed by atoms with Gasteiger partial charge in [-0.1, -0.05) is 6.07 Å². The van der Waals surface area contributed by atoms with E-state index in [2.05, 4.69) is 20.6 Å². The molecule has 0 fully saturated rings. The van der Waals surface area contributed by atoms with Gasteiger partial charge >= 0.3 is 0 Å². The van der Waals surface area contributed by atoms with Gasteiger partial charge in [0.1, 0.15) is 0 Å². The maximum absolute atomic E-state index is 11.8. The van der Waals surface area contributed by atoms with Crippen molar-refractivity contribution in [2.75, 3.05) is 5.32 Å². The summed E-state index contributed by atoms with van der Waals surface area (Å²) in [5.41, 5.74) is 1.67. The summed E-state index contributed by atoms with van der Waals surface area (Å²) in [6, 6.07) is 5.40. The van der Waals surface area contributed by atoms with Gasteiger partial charge in [0.2, 0.25) is 5.95 Å². The van der Waals surface area contributed by atoms with Gasteiger partial charge in [-0.05, 0) is 43.6 Å². The number of thiocarbonyl (C=S) groups is 1. The second kappa shape index (κ2) is 5.85. The molecule has 0 bridgehead atoms. The molecule has 0 saturated heterocycles. The van der Waals surface area contributed by atoms with Gasteiger partial charge in [-0.3, -0.25) is 10.1 Å². The minimum absolute atomic E-state index is 0.184. The lowest BCUT2D eigenvalue weighted by molar-refractivity contribution is 0.0981. The Kier molecular flexibility index (Phi) is 4.18. The highest BCUT2D eigenvalue weighted by Gasteiger charge is 2.09. The van der Waals surface area contributed by atoms with Crippen molar-refractivity contribution in [2.24, 2.45) is 0 Å². The number of aromatic nitrogens is 2. The SMILES string of the molecule is Cc1cc(C)nc(NC(=S)NC(=O)c2cccs2)n1. The molecule has 2 heterocycles. The Morgan fingerprint density at radius 2 is 2.00 bits per heavy atom. The average molecular weight is 292 g/mol. The topological polar surface area (TPSA) is 66.9 Å². The van der Waals surface area contributed by atoms with E-state index in [4.69, 9.17) is 12.2 Å². The van der Waals surface area contributed by atoms with E-state index in [1.807, 2.05) is 31.4 Å². The Bertz CT molecular complexity index is 590. The van der Waals surface area contributed by atoms with E-state index in [0.29, 0.717) is 10.8 Å². The number of hydrogen-bond donors (Lipinski definition) is 2. The number of anilines is 1. The molecule has 2 aromatic heterocycles. The van der Waals surface area contributed by atoms with Crippen LogP contribution in [-0.2, 0) is 0 Å². The molecule has 0 unspecified atom stereocenters. The first-order valence-electron chi connectivity index (χ1n) is 5.53. The molecule has 0 spiro atoms. The van der Waals surface area contributed by atoms with Crippen LogP contribution >= 0.6 is 23.6 Å². The molecule has 7 heteroatoms. The lowest BCUT2D eigenvalue weighted by atomic mass is 10.4. The van der Waals surface area contributed by atoms with E-state index in [9.17, 15) is 4.79 Å². The van der Waals surface area contributed by atoms with Crippen LogP contribution in [0.5, 0.6) is 0 Å². The highest BCUT2D eigenvalue weighted by atomic mass is 32.1. The Balaban J connectivity index is 1.99. The van der Waals surface area contributed by atoms with Crippen LogP contribution in [0, 0.1) is 13.8 Å². The van der Waals surface area contributed by atoms with Gasteiger partial charge in [0.25, 0.3) is 5.91 Å². The van der Waals surface area contributed by atoms with Crippen molar-refractivity contribution in [1.29, 1.82) is 0 Å². The summed E-state index contributed by atoms with van der Waals surface area (Å²) < 4.78 is 0. The summed E-state index contributed by atoms with van der Waals surface area (Å²) in [5.74, 6) is 0.144. The van der Waals surface area contributed by atoms with Crippen LogP contribution in [-0.4, -0.2) is 21.0 Å². The molecule has 0 aliphatic rings. The van der Waals surface area contributed by atoms with Crippen molar-refractivity contribution in [1.82, 2.24) is 15.3 Å². The fourth-order valence-electron chi connectivity index (χ4n) is 1.49.